The maximum Gasteiger partial charge on any atom is 0.0300 e. The molecular formula is C14H19N. The fourth-order valence-corrected chi connectivity index (χ4v) is 3.18. The third-order valence-electron chi connectivity index (χ3n) is 4.12. The first-order valence-corrected chi connectivity index (χ1v) is 6.23. The normalized spacial score (nSPS) is 25.8. The summed E-state index contributed by atoms with van der Waals surface area (Å²) in [5.74, 6) is 0.840. The fraction of sp³-hybridized carbons (Fsp3) is 0.571. The third kappa shape index (κ3) is 1.59. The van der Waals surface area contributed by atoms with Crippen LogP contribution in [0.2, 0.25) is 0 Å². The Morgan fingerprint density at radius 3 is 2.67 bits per heavy atom. The summed E-state index contributed by atoms with van der Waals surface area (Å²) in [6.45, 7) is 0. The molecule has 0 heterocycles. The van der Waals surface area contributed by atoms with Gasteiger partial charge in [-0.25, -0.2) is 0 Å². The van der Waals surface area contributed by atoms with Crippen LogP contribution in [-0.4, -0.2) is 0 Å². The van der Waals surface area contributed by atoms with E-state index in [4.69, 9.17) is 5.73 Å². The Kier molecular flexibility index (Phi) is 2.28. The van der Waals surface area contributed by atoms with Crippen LogP contribution in [0.3, 0.4) is 0 Å². The molecule has 0 radical (unpaired) electrons. The molecule has 2 aliphatic carbocycles. The molecule has 2 aliphatic rings. The second-order valence-corrected chi connectivity index (χ2v) is 5.08. The van der Waals surface area contributed by atoms with Crippen LogP contribution in [-0.2, 0) is 6.42 Å². The van der Waals surface area contributed by atoms with E-state index < -0.39 is 0 Å². The van der Waals surface area contributed by atoms with Crippen molar-refractivity contribution in [2.75, 3.05) is 0 Å². The molecule has 0 amide bonds. The molecule has 1 unspecified atom stereocenters. The van der Waals surface area contributed by atoms with Gasteiger partial charge in [0, 0.05) is 6.04 Å². The summed E-state index contributed by atoms with van der Waals surface area (Å²) in [7, 11) is 0. The first kappa shape index (κ1) is 9.41. The molecule has 0 saturated heterocycles. The molecule has 2 N–H and O–H groups in total. The first-order chi connectivity index (χ1) is 7.34. The van der Waals surface area contributed by atoms with Crippen LogP contribution in [0.4, 0.5) is 0 Å². The van der Waals surface area contributed by atoms with Gasteiger partial charge in [-0.3, -0.25) is 0 Å². The summed E-state index contributed by atoms with van der Waals surface area (Å²) in [5, 5.41) is 0. The molecule has 1 saturated carbocycles. The number of fused-ring (bicyclic) bond motifs is 1. The summed E-state index contributed by atoms with van der Waals surface area (Å²) < 4.78 is 0. The average Bonchev–Trinajstić information content (AvgIpc) is 2.88. The lowest BCUT2D eigenvalue weighted by Gasteiger charge is -2.12. The van der Waals surface area contributed by atoms with E-state index in [1.54, 1.807) is 5.56 Å². The van der Waals surface area contributed by atoms with E-state index in [2.05, 4.69) is 18.2 Å². The lowest BCUT2D eigenvalue weighted by Crippen LogP contribution is -2.05. The zero-order valence-electron chi connectivity index (χ0n) is 9.21. The van der Waals surface area contributed by atoms with Crippen LogP contribution in [0.1, 0.15) is 60.8 Å². The number of hydrogen-bond acceptors (Lipinski definition) is 1. The van der Waals surface area contributed by atoms with E-state index in [1.807, 2.05) is 0 Å². The second kappa shape index (κ2) is 3.64. The molecule has 3 rings (SSSR count). The molecule has 1 nitrogen and oxygen atoms in total. The highest BCUT2D eigenvalue weighted by atomic mass is 14.6. The Bertz CT molecular complexity index is 364. The van der Waals surface area contributed by atoms with Gasteiger partial charge in [-0.2, -0.15) is 0 Å². The summed E-state index contributed by atoms with van der Waals surface area (Å²) in [5.41, 5.74) is 10.5. The van der Waals surface area contributed by atoms with E-state index in [0.717, 1.165) is 12.3 Å². The highest BCUT2D eigenvalue weighted by Gasteiger charge is 2.22. The molecule has 0 bridgehead atoms. The quantitative estimate of drug-likeness (QED) is 0.741. The van der Waals surface area contributed by atoms with E-state index in [9.17, 15) is 0 Å². The van der Waals surface area contributed by atoms with Crippen molar-refractivity contribution in [2.24, 2.45) is 5.73 Å². The van der Waals surface area contributed by atoms with E-state index in [-0.39, 0.29) is 0 Å². The summed E-state index contributed by atoms with van der Waals surface area (Å²) in [4.78, 5) is 0. The molecule has 1 atom stereocenters. The van der Waals surface area contributed by atoms with Crippen molar-refractivity contribution in [3.05, 3.63) is 34.9 Å². The summed E-state index contributed by atoms with van der Waals surface area (Å²) in [6.07, 6.45) is 7.96. The molecule has 0 aromatic heterocycles. The van der Waals surface area contributed by atoms with Crippen LogP contribution in [0.15, 0.2) is 18.2 Å². The number of rotatable bonds is 1. The van der Waals surface area contributed by atoms with Crippen molar-refractivity contribution in [2.45, 2.75) is 50.5 Å². The minimum absolute atomic E-state index is 0.303. The minimum atomic E-state index is 0.303. The highest BCUT2D eigenvalue weighted by Crippen LogP contribution is 2.37. The Morgan fingerprint density at radius 2 is 1.87 bits per heavy atom. The molecule has 0 spiro atoms. The van der Waals surface area contributed by atoms with Gasteiger partial charge in [0.25, 0.3) is 0 Å². The number of benzene rings is 1. The van der Waals surface area contributed by atoms with Crippen molar-refractivity contribution >= 4 is 0 Å². The van der Waals surface area contributed by atoms with Crippen LogP contribution < -0.4 is 5.73 Å². The predicted molar refractivity (Wildman–Crippen MR) is 62.9 cm³/mol. The van der Waals surface area contributed by atoms with E-state index >= 15 is 0 Å². The van der Waals surface area contributed by atoms with Crippen molar-refractivity contribution < 1.29 is 0 Å². The molecule has 15 heavy (non-hydrogen) atoms. The third-order valence-corrected chi connectivity index (χ3v) is 4.12. The average molecular weight is 201 g/mol. The van der Waals surface area contributed by atoms with Crippen LogP contribution in [0, 0.1) is 0 Å². The van der Waals surface area contributed by atoms with Gasteiger partial charge in [0.15, 0.2) is 0 Å². The van der Waals surface area contributed by atoms with Crippen molar-refractivity contribution in [3.8, 4) is 0 Å². The molecule has 80 valence electrons. The number of aryl methyl sites for hydroxylation is 1. The van der Waals surface area contributed by atoms with Crippen molar-refractivity contribution in [1.29, 1.82) is 0 Å². The van der Waals surface area contributed by atoms with Gasteiger partial charge < -0.3 is 5.73 Å². The fourth-order valence-electron chi connectivity index (χ4n) is 3.18. The van der Waals surface area contributed by atoms with E-state index in [1.165, 1.54) is 43.2 Å². The maximum absolute atomic E-state index is 6.05. The zero-order chi connectivity index (χ0) is 10.3. The first-order valence-electron chi connectivity index (χ1n) is 6.23. The maximum atomic E-state index is 6.05. The van der Waals surface area contributed by atoms with Gasteiger partial charge in [-0.15, -0.1) is 0 Å². The van der Waals surface area contributed by atoms with Crippen LogP contribution >= 0.6 is 0 Å². The zero-order valence-corrected chi connectivity index (χ0v) is 9.21. The molecule has 1 fully saturated rings. The van der Waals surface area contributed by atoms with E-state index in [0.29, 0.717) is 6.04 Å². The lowest BCUT2D eigenvalue weighted by molar-refractivity contribution is 0.713. The Labute approximate surface area is 91.7 Å². The second-order valence-electron chi connectivity index (χ2n) is 5.08. The van der Waals surface area contributed by atoms with Crippen molar-refractivity contribution in [3.63, 3.8) is 0 Å². The van der Waals surface area contributed by atoms with Crippen LogP contribution in [0.25, 0.3) is 0 Å². The van der Waals surface area contributed by atoms with Gasteiger partial charge in [-0.1, -0.05) is 31.0 Å². The standard InChI is InChI=1S/C14H19N/c15-14-8-6-12-9-11(5-7-13(12)14)10-3-1-2-4-10/h5,7,9-10,14H,1-4,6,8,15H2. The Balaban J connectivity index is 1.92. The summed E-state index contributed by atoms with van der Waals surface area (Å²) >= 11 is 0. The monoisotopic (exact) mass is 201 g/mol. The van der Waals surface area contributed by atoms with Crippen molar-refractivity contribution in [1.82, 2.24) is 0 Å². The predicted octanol–water partition coefficient (Wildman–Crippen LogP) is 3.29. The van der Waals surface area contributed by atoms with Gasteiger partial charge in [0.05, 0.1) is 0 Å². The number of nitrogens with two attached hydrogens (primary N) is 1. The molecule has 1 aromatic carbocycles. The van der Waals surface area contributed by atoms with Gasteiger partial charge in [0.2, 0.25) is 0 Å². The molecule has 1 aromatic rings. The number of hydrogen-bond donors (Lipinski definition) is 1. The van der Waals surface area contributed by atoms with Gasteiger partial charge >= 0.3 is 0 Å². The molecular weight excluding hydrogens is 182 g/mol. The smallest absolute Gasteiger partial charge is 0.0300 e. The molecule has 0 aliphatic heterocycles. The largest absolute Gasteiger partial charge is 0.324 e. The minimum Gasteiger partial charge on any atom is -0.324 e. The lowest BCUT2D eigenvalue weighted by atomic mass is 9.94. The highest BCUT2D eigenvalue weighted by molar-refractivity contribution is 5.39. The van der Waals surface area contributed by atoms with Crippen LogP contribution in [0.5, 0.6) is 0 Å². The molecule has 1 heteroatoms. The topological polar surface area (TPSA) is 26.0 Å². The van der Waals surface area contributed by atoms with Gasteiger partial charge in [-0.05, 0) is 48.3 Å². The van der Waals surface area contributed by atoms with Gasteiger partial charge in [0.1, 0.15) is 0 Å². The SMILES string of the molecule is NC1CCc2cc(C3CCCC3)ccc21. The Morgan fingerprint density at radius 1 is 1.07 bits per heavy atom. The summed E-state index contributed by atoms with van der Waals surface area (Å²) in [6, 6.07) is 7.33. The Hall–Kier alpha value is -0.820.